The number of benzene rings is 2. The molecule has 3 rings (SSSR count). The van der Waals surface area contributed by atoms with Gasteiger partial charge >= 0.3 is 0 Å². The fourth-order valence-electron chi connectivity index (χ4n) is 3.62. The summed E-state index contributed by atoms with van der Waals surface area (Å²) in [4.78, 5) is 5.08. The maximum atomic E-state index is 5.43. The second-order valence-electron chi connectivity index (χ2n) is 7.15. The molecule has 0 aliphatic carbocycles. The van der Waals surface area contributed by atoms with Gasteiger partial charge in [0.25, 0.3) is 0 Å². The van der Waals surface area contributed by atoms with Crippen molar-refractivity contribution in [3.05, 3.63) is 58.7 Å². The number of rotatable bonds is 6. The summed E-state index contributed by atoms with van der Waals surface area (Å²) in [6, 6.07) is 12.8. The third-order valence-electron chi connectivity index (χ3n) is 5.25. The Balaban J connectivity index is 1.54. The Hall–Kier alpha value is -2.04. The van der Waals surface area contributed by atoms with Crippen LogP contribution in [0.5, 0.6) is 11.5 Å². The van der Waals surface area contributed by atoms with Gasteiger partial charge in [0.1, 0.15) is 11.5 Å². The summed E-state index contributed by atoms with van der Waals surface area (Å²) >= 11 is 0. The number of nitrogens with zero attached hydrogens (tertiary/aromatic N) is 2. The van der Waals surface area contributed by atoms with E-state index in [1.54, 1.807) is 14.2 Å². The van der Waals surface area contributed by atoms with Crippen LogP contribution in [-0.2, 0) is 13.1 Å². The molecule has 0 aromatic heterocycles. The fraction of sp³-hybridized carbons (Fsp3) is 0.455. The smallest absolute Gasteiger partial charge is 0.122 e. The minimum atomic E-state index is 0.937. The van der Waals surface area contributed by atoms with E-state index in [0.29, 0.717) is 0 Å². The summed E-state index contributed by atoms with van der Waals surface area (Å²) in [7, 11) is 3.46. The van der Waals surface area contributed by atoms with Crippen molar-refractivity contribution in [3.63, 3.8) is 0 Å². The van der Waals surface area contributed by atoms with Crippen LogP contribution < -0.4 is 9.47 Å². The second-order valence-corrected chi connectivity index (χ2v) is 7.15. The van der Waals surface area contributed by atoms with E-state index in [4.69, 9.17) is 9.47 Å². The van der Waals surface area contributed by atoms with Gasteiger partial charge in [-0.3, -0.25) is 9.80 Å². The maximum absolute atomic E-state index is 5.43. The van der Waals surface area contributed by atoms with Gasteiger partial charge in [0.05, 0.1) is 14.2 Å². The first-order chi connectivity index (χ1) is 12.6. The monoisotopic (exact) mass is 354 g/mol. The first kappa shape index (κ1) is 18.7. The average molecular weight is 354 g/mol. The lowest BCUT2D eigenvalue weighted by Crippen LogP contribution is -2.45. The molecule has 0 spiro atoms. The molecule has 0 saturated carbocycles. The summed E-state index contributed by atoms with van der Waals surface area (Å²) in [5.74, 6) is 1.92. The quantitative estimate of drug-likeness (QED) is 0.791. The van der Waals surface area contributed by atoms with E-state index in [1.165, 1.54) is 22.3 Å². The first-order valence-corrected chi connectivity index (χ1v) is 9.31. The number of hydrogen-bond acceptors (Lipinski definition) is 4. The van der Waals surface area contributed by atoms with Gasteiger partial charge in [-0.1, -0.05) is 18.2 Å². The third kappa shape index (κ3) is 4.57. The molecule has 1 aliphatic heterocycles. The van der Waals surface area contributed by atoms with Crippen LogP contribution in [0, 0.1) is 13.8 Å². The van der Waals surface area contributed by atoms with E-state index in [9.17, 15) is 0 Å². The molecular formula is C22H30N2O2. The Labute approximate surface area is 157 Å². The Bertz CT molecular complexity index is 737. The zero-order valence-corrected chi connectivity index (χ0v) is 16.4. The number of ether oxygens (including phenoxy) is 2. The lowest BCUT2D eigenvalue weighted by molar-refractivity contribution is 0.122. The van der Waals surface area contributed by atoms with E-state index in [0.717, 1.165) is 50.8 Å². The molecule has 1 saturated heterocycles. The summed E-state index contributed by atoms with van der Waals surface area (Å²) in [5.41, 5.74) is 5.25. The molecule has 4 nitrogen and oxygen atoms in total. The van der Waals surface area contributed by atoms with E-state index in [-0.39, 0.29) is 0 Å². The molecule has 0 atom stereocenters. The van der Waals surface area contributed by atoms with Crippen LogP contribution in [0.15, 0.2) is 36.4 Å². The van der Waals surface area contributed by atoms with Crippen LogP contribution in [0.3, 0.4) is 0 Å². The molecule has 2 aromatic rings. The summed E-state index contributed by atoms with van der Waals surface area (Å²) < 4.78 is 10.8. The Morgan fingerprint density at radius 1 is 0.808 bits per heavy atom. The van der Waals surface area contributed by atoms with Crippen molar-refractivity contribution >= 4 is 0 Å². The zero-order chi connectivity index (χ0) is 18.5. The molecule has 0 bridgehead atoms. The molecule has 26 heavy (non-hydrogen) atoms. The van der Waals surface area contributed by atoms with Crippen molar-refractivity contribution in [2.45, 2.75) is 26.9 Å². The van der Waals surface area contributed by atoms with Crippen LogP contribution >= 0.6 is 0 Å². The van der Waals surface area contributed by atoms with E-state index in [2.05, 4.69) is 54.0 Å². The van der Waals surface area contributed by atoms with Crippen molar-refractivity contribution in [1.29, 1.82) is 0 Å². The standard InChI is InChI=1S/C22H30N2O2/c1-17-13-22(26-4)18(2)12-20(17)16-24-10-8-23(9-11-24)15-19-6-5-7-21(14-19)25-3/h5-7,12-14H,8-11,15-16H2,1-4H3. The number of piperazine rings is 1. The molecule has 0 radical (unpaired) electrons. The van der Waals surface area contributed by atoms with E-state index < -0.39 is 0 Å². The highest BCUT2D eigenvalue weighted by Gasteiger charge is 2.18. The molecular weight excluding hydrogens is 324 g/mol. The minimum Gasteiger partial charge on any atom is -0.497 e. The molecule has 2 aromatic carbocycles. The SMILES string of the molecule is COc1cccc(CN2CCN(Cc3cc(C)c(OC)cc3C)CC2)c1. The number of aryl methyl sites for hydroxylation is 2. The van der Waals surface area contributed by atoms with Crippen LogP contribution in [0.2, 0.25) is 0 Å². The van der Waals surface area contributed by atoms with Gasteiger partial charge in [0.2, 0.25) is 0 Å². The largest absolute Gasteiger partial charge is 0.497 e. The van der Waals surface area contributed by atoms with Gasteiger partial charge in [-0.05, 0) is 54.3 Å². The van der Waals surface area contributed by atoms with Gasteiger partial charge in [0, 0.05) is 39.3 Å². The predicted molar refractivity (Wildman–Crippen MR) is 106 cm³/mol. The molecule has 1 heterocycles. The van der Waals surface area contributed by atoms with Crippen LogP contribution in [-0.4, -0.2) is 50.2 Å². The van der Waals surface area contributed by atoms with Gasteiger partial charge in [-0.2, -0.15) is 0 Å². The lowest BCUT2D eigenvalue weighted by atomic mass is 10.0. The van der Waals surface area contributed by atoms with Gasteiger partial charge in [0.15, 0.2) is 0 Å². The van der Waals surface area contributed by atoms with Crippen LogP contribution in [0.1, 0.15) is 22.3 Å². The highest BCUT2D eigenvalue weighted by Crippen LogP contribution is 2.24. The van der Waals surface area contributed by atoms with Crippen LogP contribution in [0.25, 0.3) is 0 Å². The molecule has 1 fully saturated rings. The highest BCUT2D eigenvalue weighted by atomic mass is 16.5. The highest BCUT2D eigenvalue weighted by molar-refractivity contribution is 5.41. The average Bonchev–Trinajstić information content (AvgIpc) is 2.66. The normalized spacial score (nSPS) is 15.8. The summed E-state index contributed by atoms with van der Waals surface area (Å²) in [5, 5.41) is 0. The van der Waals surface area contributed by atoms with Crippen molar-refractivity contribution in [1.82, 2.24) is 9.80 Å². The number of hydrogen-bond donors (Lipinski definition) is 0. The molecule has 0 amide bonds. The molecule has 0 unspecified atom stereocenters. The second kappa shape index (κ2) is 8.56. The van der Waals surface area contributed by atoms with Gasteiger partial charge in [-0.25, -0.2) is 0 Å². The molecule has 140 valence electrons. The van der Waals surface area contributed by atoms with Gasteiger partial charge < -0.3 is 9.47 Å². The summed E-state index contributed by atoms with van der Waals surface area (Å²) in [6.45, 7) is 10.7. The minimum absolute atomic E-state index is 0.937. The molecule has 4 heteroatoms. The Kier molecular flexibility index (Phi) is 6.17. The Morgan fingerprint density at radius 3 is 2.15 bits per heavy atom. The lowest BCUT2D eigenvalue weighted by Gasteiger charge is -2.35. The van der Waals surface area contributed by atoms with Crippen molar-refractivity contribution in [3.8, 4) is 11.5 Å². The maximum Gasteiger partial charge on any atom is 0.122 e. The molecule has 0 N–H and O–H groups in total. The summed E-state index contributed by atoms with van der Waals surface area (Å²) in [6.07, 6.45) is 0. The van der Waals surface area contributed by atoms with Crippen molar-refractivity contribution in [2.75, 3.05) is 40.4 Å². The van der Waals surface area contributed by atoms with Gasteiger partial charge in [-0.15, -0.1) is 0 Å². The van der Waals surface area contributed by atoms with E-state index >= 15 is 0 Å². The fourth-order valence-corrected chi connectivity index (χ4v) is 3.62. The zero-order valence-electron chi connectivity index (χ0n) is 16.4. The van der Waals surface area contributed by atoms with Crippen LogP contribution in [0.4, 0.5) is 0 Å². The molecule has 1 aliphatic rings. The van der Waals surface area contributed by atoms with E-state index in [1.807, 2.05) is 6.07 Å². The predicted octanol–water partition coefficient (Wildman–Crippen LogP) is 3.64. The van der Waals surface area contributed by atoms with Crippen molar-refractivity contribution in [2.24, 2.45) is 0 Å². The third-order valence-corrected chi connectivity index (χ3v) is 5.25. The first-order valence-electron chi connectivity index (χ1n) is 9.31. The topological polar surface area (TPSA) is 24.9 Å². The van der Waals surface area contributed by atoms with Crippen molar-refractivity contribution < 1.29 is 9.47 Å². The number of methoxy groups -OCH3 is 2. The Morgan fingerprint density at radius 2 is 1.50 bits per heavy atom.